The third-order valence-electron chi connectivity index (χ3n) is 4.50. The number of carbonyl (C=O) groups is 1. The van der Waals surface area contributed by atoms with Crippen LogP contribution in [0, 0.1) is 0 Å². The van der Waals surface area contributed by atoms with Crippen LogP contribution in [0.5, 0.6) is 0 Å². The van der Waals surface area contributed by atoms with E-state index in [1.807, 2.05) is 34.9 Å². The molecular formula is C21H21N5OS. The van der Waals surface area contributed by atoms with Crippen molar-refractivity contribution in [1.82, 2.24) is 19.7 Å². The number of rotatable bonds is 8. The van der Waals surface area contributed by atoms with Gasteiger partial charge in [0, 0.05) is 18.4 Å². The van der Waals surface area contributed by atoms with E-state index >= 15 is 0 Å². The Morgan fingerprint density at radius 2 is 2.04 bits per heavy atom. The number of allylic oxidation sites excluding steroid dienone is 1. The van der Waals surface area contributed by atoms with Crippen LogP contribution in [0.4, 0.5) is 5.69 Å². The number of carbonyl (C=O) groups excluding carboxylic acids is 1. The van der Waals surface area contributed by atoms with Crippen LogP contribution in [0.1, 0.15) is 24.3 Å². The minimum atomic E-state index is -0.0725. The molecule has 0 spiro atoms. The van der Waals surface area contributed by atoms with E-state index in [-0.39, 0.29) is 11.7 Å². The molecule has 1 aliphatic rings. The molecule has 2 heterocycles. The van der Waals surface area contributed by atoms with Crippen LogP contribution in [0.3, 0.4) is 0 Å². The molecule has 1 aromatic carbocycles. The fourth-order valence-corrected chi connectivity index (χ4v) is 3.70. The minimum absolute atomic E-state index is 0.0725. The van der Waals surface area contributed by atoms with Gasteiger partial charge in [-0.15, -0.1) is 16.8 Å². The Balaban J connectivity index is 1.40. The topological polar surface area (TPSA) is 72.7 Å². The van der Waals surface area contributed by atoms with Gasteiger partial charge in [-0.1, -0.05) is 36.0 Å². The standard InChI is InChI=1S/C21H21N5OS/c1-2-13-26-20(18-5-3-4-12-22-18)24-25-21(26)28-14-19(27)23-17-10-8-16(9-11-17)15-6-7-15/h2-5,8-12,15H,1,6-7,13-14H2,(H,23,27). The molecule has 2 aromatic heterocycles. The minimum Gasteiger partial charge on any atom is -0.325 e. The van der Waals surface area contributed by atoms with E-state index in [2.05, 4.69) is 39.2 Å². The van der Waals surface area contributed by atoms with Gasteiger partial charge in [0.25, 0.3) is 0 Å². The Labute approximate surface area is 168 Å². The fraction of sp³-hybridized carbons (Fsp3) is 0.238. The molecule has 0 bridgehead atoms. The van der Waals surface area contributed by atoms with Crippen molar-refractivity contribution in [3.05, 3.63) is 66.9 Å². The maximum absolute atomic E-state index is 12.3. The van der Waals surface area contributed by atoms with Crippen molar-refractivity contribution in [2.24, 2.45) is 0 Å². The molecule has 1 amide bonds. The van der Waals surface area contributed by atoms with Crippen molar-refractivity contribution < 1.29 is 4.79 Å². The lowest BCUT2D eigenvalue weighted by Gasteiger charge is -2.08. The molecule has 3 aromatic rings. The summed E-state index contributed by atoms with van der Waals surface area (Å²) in [6, 6.07) is 13.8. The summed E-state index contributed by atoms with van der Waals surface area (Å²) in [6.45, 7) is 4.35. The maximum Gasteiger partial charge on any atom is 0.234 e. The molecule has 1 N–H and O–H groups in total. The number of hydrogen-bond acceptors (Lipinski definition) is 5. The molecule has 1 saturated carbocycles. The molecule has 4 rings (SSSR count). The highest BCUT2D eigenvalue weighted by Gasteiger charge is 2.23. The molecule has 142 valence electrons. The number of nitrogens with zero attached hydrogens (tertiary/aromatic N) is 4. The molecule has 0 saturated heterocycles. The van der Waals surface area contributed by atoms with Gasteiger partial charge in [0.05, 0.1) is 5.75 Å². The average molecular weight is 392 g/mol. The van der Waals surface area contributed by atoms with Crippen molar-refractivity contribution >= 4 is 23.4 Å². The van der Waals surface area contributed by atoms with Gasteiger partial charge in [-0.2, -0.15) is 0 Å². The summed E-state index contributed by atoms with van der Waals surface area (Å²) in [6.07, 6.45) is 6.04. The third kappa shape index (κ3) is 4.31. The van der Waals surface area contributed by atoms with E-state index in [4.69, 9.17) is 0 Å². The first-order valence-electron chi connectivity index (χ1n) is 9.22. The Kier molecular flexibility index (Phi) is 5.53. The lowest BCUT2D eigenvalue weighted by Crippen LogP contribution is -2.14. The van der Waals surface area contributed by atoms with Crippen molar-refractivity contribution in [2.45, 2.75) is 30.5 Å². The lowest BCUT2D eigenvalue weighted by atomic mass is 10.1. The molecular weight excluding hydrogens is 370 g/mol. The summed E-state index contributed by atoms with van der Waals surface area (Å²) in [5.41, 5.74) is 2.91. The molecule has 0 radical (unpaired) electrons. The zero-order valence-electron chi connectivity index (χ0n) is 15.4. The number of nitrogens with one attached hydrogen (secondary N) is 1. The number of amides is 1. The van der Waals surface area contributed by atoms with E-state index in [1.54, 1.807) is 12.3 Å². The fourth-order valence-electron chi connectivity index (χ4n) is 2.96. The number of pyridine rings is 1. The highest BCUT2D eigenvalue weighted by molar-refractivity contribution is 7.99. The van der Waals surface area contributed by atoms with Gasteiger partial charge in [-0.25, -0.2) is 0 Å². The number of anilines is 1. The number of hydrogen-bond donors (Lipinski definition) is 1. The average Bonchev–Trinajstić information content (AvgIpc) is 3.50. The lowest BCUT2D eigenvalue weighted by molar-refractivity contribution is -0.113. The quantitative estimate of drug-likeness (QED) is 0.462. The van der Waals surface area contributed by atoms with Crippen molar-refractivity contribution in [1.29, 1.82) is 0 Å². The second-order valence-corrected chi connectivity index (χ2v) is 7.60. The zero-order chi connectivity index (χ0) is 19.3. The second-order valence-electron chi connectivity index (χ2n) is 6.65. The van der Waals surface area contributed by atoms with Crippen LogP contribution in [0.2, 0.25) is 0 Å². The first-order valence-corrected chi connectivity index (χ1v) is 10.2. The molecule has 0 atom stereocenters. The predicted octanol–water partition coefficient (Wildman–Crippen LogP) is 4.13. The highest BCUT2D eigenvalue weighted by Crippen LogP contribution is 2.40. The SMILES string of the molecule is C=CCn1c(SCC(=O)Nc2ccc(C3CC3)cc2)nnc1-c1ccccn1. The van der Waals surface area contributed by atoms with Crippen molar-refractivity contribution in [2.75, 3.05) is 11.1 Å². The van der Waals surface area contributed by atoms with Gasteiger partial charge in [0.15, 0.2) is 11.0 Å². The van der Waals surface area contributed by atoms with Gasteiger partial charge < -0.3 is 5.32 Å². The first-order chi connectivity index (χ1) is 13.7. The molecule has 1 fully saturated rings. The zero-order valence-corrected chi connectivity index (χ0v) is 16.2. The van der Waals surface area contributed by atoms with E-state index in [9.17, 15) is 4.79 Å². The van der Waals surface area contributed by atoms with Gasteiger partial charge in [-0.3, -0.25) is 14.3 Å². The maximum atomic E-state index is 12.3. The summed E-state index contributed by atoms with van der Waals surface area (Å²) >= 11 is 1.35. The Morgan fingerprint density at radius 3 is 2.71 bits per heavy atom. The smallest absolute Gasteiger partial charge is 0.234 e. The van der Waals surface area contributed by atoms with Crippen LogP contribution < -0.4 is 5.32 Å². The summed E-state index contributed by atoms with van der Waals surface area (Å²) in [4.78, 5) is 16.7. The number of aromatic nitrogens is 4. The van der Waals surface area contributed by atoms with E-state index in [0.29, 0.717) is 23.4 Å². The first kappa shape index (κ1) is 18.4. The molecule has 7 heteroatoms. The Morgan fingerprint density at radius 1 is 1.21 bits per heavy atom. The van der Waals surface area contributed by atoms with Gasteiger partial charge in [0.1, 0.15) is 5.69 Å². The Bertz CT molecular complexity index is 964. The highest BCUT2D eigenvalue weighted by atomic mass is 32.2. The Hall–Kier alpha value is -2.93. The molecule has 0 unspecified atom stereocenters. The summed E-state index contributed by atoms with van der Waals surface area (Å²) < 4.78 is 1.91. The second kappa shape index (κ2) is 8.39. The molecule has 6 nitrogen and oxygen atoms in total. The van der Waals surface area contributed by atoms with Crippen molar-refractivity contribution in [3.63, 3.8) is 0 Å². The number of benzene rings is 1. The van der Waals surface area contributed by atoms with Gasteiger partial charge >= 0.3 is 0 Å². The molecule has 1 aliphatic carbocycles. The van der Waals surface area contributed by atoms with Gasteiger partial charge in [-0.05, 0) is 48.6 Å². The molecule has 0 aliphatic heterocycles. The van der Waals surface area contributed by atoms with Crippen LogP contribution in [-0.2, 0) is 11.3 Å². The normalized spacial score (nSPS) is 13.3. The summed E-state index contributed by atoms with van der Waals surface area (Å²) in [5.74, 6) is 1.56. The van der Waals surface area contributed by atoms with E-state index in [1.165, 1.54) is 30.2 Å². The van der Waals surface area contributed by atoms with Gasteiger partial charge in [0.2, 0.25) is 5.91 Å². The van der Waals surface area contributed by atoms with Crippen LogP contribution in [0.15, 0.2) is 66.5 Å². The monoisotopic (exact) mass is 391 g/mol. The summed E-state index contributed by atoms with van der Waals surface area (Å²) in [7, 11) is 0. The largest absolute Gasteiger partial charge is 0.325 e. The van der Waals surface area contributed by atoms with Crippen LogP contribution in [-0.4, -0.2) is 31.4 Å². The summed E-state index contributed by atoms with van der Waals surface area (Å²) in [5, 5.41) is 12.1. The molecule has 28 heavy (non-hydrogen) atoms. The van der Waals surface area contributed by atoms with Crippen molar-refractivity contribution in [3.8, 4) is 11.5 Å². The van der Waals surface area contributed by atoms with E-state index < -0.39 is 0 Å². The predicted molar refractivity (Wildman–Crippen MR) is 111 cm³/mol. The van der Waals surface area contributed by atoms with Crippen LogP contribution >= 0.6 is 11.8 Å². The number of thioether (sulfide) groups is 1. The van der Waals surface area contributed by atoms with Crippen LogP contribution in [0.25, 0.3) is 11.5 Å². The third-order valence-corrected chi connectivity index (χ3v) is 5.46. The van der Waals surface area contributed by atoms with E-state index in [0.717, 1.165) is 11.4 Å².